The molecule has 1 atom stereocenters. The molecule has 50 heavy (non-hydrogen) atoms. The molecular formula is C39H37ClN6O4. The maximum Gasteiger partial charge on any atom is 0.408 e. The van der Waals surface area contributed by atoms with Crippen LogP contribution in [0.25, 0.3) is 0 Å². The number of piperidine rings is 1. The van der Waals surface area contributed by atoms with Crippen molar-refractivity contribution in [1.82, 2.24) is 20.3 Å². The molecule has 0 bridgehead atoms. The number of carbonyl (C=O) groups excluding carboxylic acids is 1. The van der Waals surface area contributed by atoms with Crippen molar-refractivity contribution in [2.45, 2.75) is 50.9 Å². The Hall–Kier alpha value is -5.48. The van der Waals surface area contributed by atoms with Gasteiger partial charge in [-0.1, -0.05) is 90.5 Å². The molecule has 5 aromatic rings. The van der Waals surface area contributed by atoms with Gasteiger partial charge in [-0.2, -0.15) is 0 Å². The van der Waals surface area contributed by atoms with Gasteiger partial charge < -0.3 is 24.4 Å². The standard InChI is InChI=1S/C39H37ClN6O4/c1-38(2,3)50-37(47)45-35-28-16-10-11-17-29(28)49-39(35)19-22-46(23-20-39)31-24-43-32(25-42-31)48-30-18-21-41-36(33(30)40)44-34(26-12-6-4-7-13-26)27-14-8-5-9-15-27/h4-18,21,24-25,35H,19-20,22-23H2,1-3H3,(H,45,47)/t35-/m1/s1. The molecule has 4 heterocycles. The highest BCUT2D eigenvalue weighted by Gasteiger charge is 2.51. The highest BCUT2D eigenvalue weighted by molar-refractivity contribution is 6.34. The lowest BCUT2D eigenvalue weighted by molar-refractivity contribution is 0.0149. The van der Waals surface area contributed by atoms with E-state index < -0.39 is 17.3 Å². The minimum Gasteiger partial charge on any atom is -0.484 e. The number of aliphatic imine (C=N–C) groups is 1. The number of pyridine rings is 1. The molecule has 2 aliphatic rings. The van der Waals surface area contributed by atoms with Gasteiger partial charge in [-0.3, -0.25) is 0 Å². The number of hydrogen-bond acceptors (Lipinski definition) is 9. The molecule has 7 rings (SSSR count). The molecule has 2 aliphatic heterocycles. The second-order valence-electron chi connectivity index (χ2n) is 13.2. The highest BCUT2D eigenvalue weighted by Crippen LogP contribution is 2.48. The van der Waals surface area contributed by atoms with Gasteiger partial charge in [0.25, 0.3) is 0 Å². The van der Waals surface area contributed by atoms with Crippen molar-refractivity contribution in [3.8, 4) is 17.4 Å². The Morgan fingerprint density at radius 2 is 1.56 bits per heavy atom. The average molecular weight is 689 g/mol. The first kappa shape index (κ1) is 33.0. The highest BCUT2D eigenvalue weighted by atomic mass is 35.5. The average Bonchev–Trinajstić information content (AvgIpc) is 3.41. The maximum atomic E-state index is 12.9. The van der Waals surface area contributed by atoms with Crippen LogP contribution in [-0.2, 0) is 4.74 Å². The zero-order chi connectivity index (χ0) is 34.7. The van der Waals surface area contributed by atoms with Crippen LogP contribution in [0.5, 0.6) is 17.4 Å². The van der Waals surface area contributed by atoms with Crippen LogP contribution in [0.3, 0.4) is 0 Å². The Balaban J connectivity index is 1.05. The summed E-state index contributed by atoms with van der Waals surface area (Å²) in [6, 6.07) is 29.0. The molecule has 1 fully saturated rings. The number of rotatable bonds is 7. The van der Waals surface area contributed by atoms with Gasteiger partial charge in [0.1, 0.15) is 33.8 Å². The van der Waals surface area contributed by atoms with Crippen molar-refractivity contribution in [2.75, 3.05) is 18.0 Å². The van der Waals surface area contributed by atoms with Crippen LogP contribution in [0.1, 0.15) is 56.3 Å². The van der Waals surface area contributed by atoms with Crippen LogP contribution < -0.4 is 19.7 Å². The fourth-order valence-electron chi connectivity index (χ4n) is 6.32. The van der Waals surface area contributed by atoms with Crippen LogP contribution in [0.15, 0.2) is 115 Å². The first-order valence-electron chi connectivity index (χ1n) is 16.5. The lowest BCUT2D eigenvalue weighted by Crippen LogP contribution is -2.54. The van der Waals surface area contributed by atoms with Gasteiger partial charge in [-0.25, -0.2) is 24.7 Å². The molecule has 10 nitrogen and oxygen atoms in total. The van der Waals surface area contributed by atoms with Gasteiger partial charge in [0, 0.05) is 54.9 Å². The summed E-state index contributed by atoms with van der Waals surface area (Å²) < 4.78 is 18.2. The van der Waals surface area contributed by atoms with Crippen molar-refractivity contribution < 1.29 is 19.0 Å². The molecule has 3 aromatic carbocycles. The largest absolute Gasteiger partial charge is 0.484 e. The Labute approximate surface area is 296 Å². The lowest BCUT2D eigenvalue weighted by Gasteiger charge is -2.42. The van der Waals surface area contributed by atoms with Crippen LogP contribution in [0.4, 0.5) is 16.4 Å². The molecule has 0 aliphatic carbocycles. The number of amides is 1. The van der Waals surface area contributed by atoms with Crippen LogP contribution >= 0.6 is 11.6 Å². The van der Waals surface area contributed by atoms with E-state index in [0.717, 1.165) is 28.2 Å². The number of ether oxygens (including phenoxy) is 3. The number of benzene rings is 3. The molecule has 11 heteroatoms. The first-order valence-corrected chi connectivity index (χ1v) is 16.9. The normalized spacial score (nSPS) is 16.2. The van der Waals surface area contributed by atoms with Gasteiger partial charge in [0.05, 0.1) is 18.1 Å². The van der Waals surface area contributed by atoms with Gasteiger partial charge in [-0.15, -0.1) is 0 Å². The topological polar surface area (TPSA) is 111 Å². The molecule has 254 valence electrons. The quantitative estimate of drug-likeness (QED) is 0.170. The number of nitrogens with zero attached hydrogens (tertiary/aromatic N) is 5. The van der Waals surface area contributed by atoms with Gasteiger partial charge in [0.15, 0.2) is 11.6 Å². The van der Waals surface area contributed by atoms with Crippen molar-refractivity contribution in [3.05, 3.63) is 131 Å². The summed E-state index contributed by atoms with van der Waals surface area (Å²) in [6.07, 6.45) is 5.72. The van der Waals surface area contributed by atoms with Gasteiger partial charge in [0.2, 0.25) is 5.88 Å². The van der Waals surface area contributed by atoms with E-state index in [4.69, 9.17) is 30.8 Å². The summed E-state index contributed by atoms with van der Waals surface area (Å²) in [6.45, 7) is 6.85. The molecule has 0 saturated carbocycles. The number of aromatic nitrogens is 3. The van der Waals surface area contributed by atoms with Crippen molar-refractivity contribution >= 4 is 35.0 Å². The van der Waals surface area contributed by atoms with E-state index >= 15 is 0 Å². The fourth-order valence-corrected chi connectivity index (χ4v) is 6.51. The Bertz CT molecular complexity index is 1950. The number of fused-ring (bicyclic) bond motifs is 1. The van der Waals surface area contributed by atoms with Crippen molar-refractivity contribution in [2.24, 2.45) is 4.99 Å². The molecule has 0 radical (unpaired) electrons. The number of nitrogens with one attached hydrogen (secondary N) is 1. The molecule has 1 amide bonds. The van der Waals surface area contributed by atoms with E-state index in [0.29, 0.717) is 43.3 Å². The van der Waals surface area contributed by atoms with E-state index in [1.165, 1.54) is 0 Å². The zero-order valence-electron chi connectivity index (χ0n) is 28.0. The number of alkyl carbamates (subject to hydrolysis) is 1. The molecule has 1 spiro atoms. The number of halogens is 1. The molecule has 1 saturated heterocycles. The maximum absolute atomic E-state index is 12.9. The third kappa shape index (κ3) is 7.11. The van der Waals surface area contributed by atoms with E-state index in [9.17, 15) is 4.79 Å². The van der Waals surface area contributed by atoms with Crippen LogP contribution in [0.2, 0.25) is 5.02 Å². The van der Waals surface area contributed by atoms with E-state index in [2.05, 4.69) is 25.2 Å². The van der Waals surface area contributed by atoms with E-state index in [-0.39, 0.29) is 16.9 Å². The lowest BCUT2D eigenvalue weighted by atomic mass is 9.82. The first-order chi connectivity index (χ1) is 24.2. The number of carbonyl (C=O) groups is 1. The van der Waals surface area contributed by atoms with Crippen LogP contribution in [-0.4, -0.2) is 51.0 Å². The van der Waals surface area contributed by atoms with E-state index in [1.807, 2.05) is 106 Å². The summed E-state index contributed by atoms with van der Waals surface area (Å²) in [5.41, 5.74) is 2.35. The summed E-state index contributed by atoms with van der Waals surface area (Å²) >= 11 is 6.80. The molecule has 2 aromatic heterocycles. The van der Waals surface area contributed by atoms with Crippen molar-refractivity contribution in [1.29, 1.82) is 0 Å². The predicted octanol–water partition coefficient (Wildman–Crippen LogP) is 8.48. The van der Waals surface area contributed by atoms with Crippen LogP contribution in [0, 0.1) is 0 Å². The van der Waals surface area contributed by atoms with E-state index in [1.54, 1.807) is 24.7 Å². The van der Waals surface area contributed by atoms with Gasteiger partial charge in [-0.05, 0) is 26.8 Å². The Kier molecular flexibility index (Phi) is 9.12. The monoisotopic (exact) mass is 688 g/mol. The number of hydrogen-bond donors (Lipinski definition) is 1. The number of para-hydroxylation sites is 1. The fraction of sp³-hybridized carbons (Fsp3) is 0.256. The Morgan fingerprint density at radius 1 is 0.900 bits per heavy atom. The molecule has 0 unspecified atom stereocenters. The smallest absolute Gasteiger partial charge is 0.408 e. The third-order valence-corrected chi connectivity index (χ3v) is 9.00. The number of anilines is 1. The summed E-state index contributed by atoms with van der Waals surface area (Å²) in [7, 11) is 0. The third-order valence-electron chi connectivity index (χ3n) is 8.64. The minimum atomic E-state index is -0.610. The Morgan fingerprint density at radius 3 is 2.20 bits per heavy atom. The molecular weight excluding hydrogens is 652 g/mol. The SMILES string of the molecule is CC(C)(C)OC(=O)N[C@@H]1c2ccccc2OC12CCN(c1cnc(Oc3ccnc(N=C(c4ccccc4)c4ccccc4)c3Cl)cn1)CC2. The minimum absolute atomic E-state index is 0.260. The summed E-state index contributed by atoms with van der Waals surface area (Å²) in [5.74, 6) is 2.47. The molecule has 1 N–H and O–H groups in total. The second-order valence-corrected chi connectivity index (χ2v) is 13.6. The van der Waals surface area contributed by atoms with Crippen molar-refractivity contribution in [3.63, 3.8) is 0 Å². The summed E-state index contributed by atoms with van der Waals surface area (Å²) in [4.78, 5) is 33.5. The second kappa shape index (κ2) is 13.8. The zero-order valence-corrected chi connectivity index (χ0v) is 28.8. The summed E-state index contributed by atoms with van der Waals surface area (Å²) in [5, 5.41) is 3.36. The van der Waals surface area contributed by atoms with Gasteiger partial charge >= 0.3 is 6.09 Å². The predicted molar refractivity (Wildman–Crippen MR) is 193 cm³/mol.